The fourth-order valence-corrected chi connectivity index (χ4v) is 3.22. The summed E-state index contributed by atoms with van der Waals surface area (Å²) in [5.74, 6) is 0.995. The molecule has 5 heteroatoms. The van der Waals surface area contributed by atoms with E-state index in [1.165, 1.54) is 0 Å². The van der Waals surface area contributed by atoms with E-state index < -0.39 is 0 Å². The number of para-hydroxylation sites is 2. The lowest BCUT2D eigenvalue weighted by Crippen LogP contribution is -2.40. The van der Waals surface area contributed by atoms with Crippen molar-refractivity contribution in [3.05, 3.63) is 42.7 Å². The highest BCUT2D eigenvalue weighted by atomic mass is 16.2. The zero-order valence-electron chi connectivity index (χ0n) is 13.0. The van der Waals surface area contributed by atoms with Gasteiger partial charge in [0.2, 0.25) is 0 Å². The van der Waals surface area contributed by atoms with Gasteiger partial charge < -0.3 is 14.8 Å². The molecule has 1 aliphatic rings. The number of fused-ring (bicyclic) bond motifs is 1. The van der Waals surface area contributed by atoms with Gasteiger partial charge in [-0.05, 0) is 31.9 Å². The number of carbonyl (C=O) groups is 1. The van der Waals surface area contributed by atoms with Gasteiger partial charge in [-0.15, -0.1) is 6.58 Å². The SMILES string of the molecule is C=CCNC(=O)N1CCCC1c1nc2ccccc2n1CC. The van der Waals surface area contributed by atoms with Gasteiger partial charge in [-0.25, -0.2) is 9.78 Å². The van der Waals surface area contributed by atoms with Crippen LogP contribution in [0.5, 0.6) is 0 Å². The normalized spacial score (nSPS) is 17.9. The van der Waals surface area contributed by atoms with Gasteiger partial charge in [0.15, 0.2) is 0 Å². The third-order valence-corrected chi connectivity index (χ3v) is 4.21. The van der Waals surface area contributed by atoms with Gasteiger partial charge in [0.1, 0.15) is 5.82 Å². The molecular formula is C17H22N4O. The molecule has 1 saturated heterocycles. The van der Waals surface area contributed by atoms with Gasteiger partial charge in [0, 0.05) is 19.6 Å². The first-order chi connectivity index (χ1) is 10.8. The second-order valence-electron chi connectivity index (χ2n) is 5.53. The predicted molar refractivity (Wildman–Crippen MR) is 87.7 cm³/mol. The summed E-state index contributed by atoms with van der Waals surface area (Å²) in [5.41, 5.74) is 2.14. The highest BCUT2D eigenvalue weighted by molar-refractivity contribution is 5.77. The first-order valence-electron chi connectivity index (χ1n) is 7.86. The Labute approximate surface area is 130 Å². The number of likely N-dealkylation sites (tertiary alicyclic amines) is 1. The van der Waals surface area contributed by atoms with Crippen LogP contribution in [0.3, 0.4) is 0 Å². The van der Waals surface area contributed by atoms with Crippen molar-refractivity contribution in [2.45, 2.75) is 32.4 Å². The Hall–Kier alpha value is -2.30. The number of hydrogen-bond acceptors (Lipinski definition) is 2. The van der Waals surface area contributed by atoms with E-state index in [9.17, 15) is 4.79 Å². The molecular weight excluding hydrogens is 276 g/mol. The summed E-state index contributed by atoms with van der Waals surface area (Å²) in [6.45, 7) is 7.89. The van der Waals surface area contributed by atoms with E-state index in [1.807, 2.05) is 23.1 Å². The van der Waals surface area contributed by atoms with E-state index in [-0.39, 0.29) is 12.1 Å². The average Bonchev–Trinajstić information content (AvgIpc) is 3.15. The van der Waals surface area contributed by atoms with Crippen molar-refractivity contribution < 1.29 is 4.79 Å². The number of urea groups is 1. The topological polar surface area (TPSA) is 50.2 Å². The predicted octanol–water partition coefficient (Wildman–Crippen LogP) is 3.09. The fraction of sp³-hybridized carbons (Fsp3) is 0.412. The molecule has 0 aliphatic carbocycles. The number of aromatic nitrogens is 2. The lowest BCUT2D eigenvalue weighted by Gasteiger charge is -2.25. The Balaban J connectivity index is 1.95. The average molecular weight is 298 g/mol. The molecule has 0 saturated carbocycles. The largest absolute Gasteiger partial charge is 0.335 e. The quantitative estimate of drug-likeness (QED) is 0.882. The first-order valence-corrected chi connectivity index (χ1v) is 7.86. The zero-order valence-corrected chi connectivity index (χ0v) is 13.0. The number of nitrogens with one attached hydrogen (secondary N) is 1. The molecule has 1 aromatic heterocycles. The number of rotatable bonds is 4. The van der Waals surface area contributed by atoms with Crippen LogP contribution in [0, 0.1) is 0 Å². The van der Waals surface area contributed by atoms with Crippen LogP contribution in [-0.4, -0.2) is 33.6 Å². The van der Waals surface area contributed by atoms with Crippen LogP contribution >= 0.6 is 0 Å². The molecule has 0 spiro atoms. The number of hydrogen-bond donors (Lipinski definition) is 1. The van der Waals surface area contributed by atoms with Crippen molar-refractivity contribution in [2.75, 3.05) is 13.1 Å². The number of nitrogens with zero attached hydrogens (tertiary/aromatic N) is 3. The van der Waals surface area contributed by atoms with Crippen LogP contribution in [0.25, 0.3) is 11.0 Å². The summed E-state index contributed by atoms with van der Waals surface area (Å²) in [6, 6.07) is 8.18. The first kappa shape index (κ1) is 14.6. The van der Waals surface area contributed by atoms with Gasteiger partial charge in [-0.2, -0.15) is 0 Å². The molecule has 1 aliphatic heterocycles. The van der Waals surface area contributed by atoms with Crippen LogP contribution < -0.4 is 5.32 Å². The zero-order chi connectivity index (χ0) is 15.5. The monoisotopic (exact) mass is 298 g/mol. The van der Waals surface area contributed by atoms with E-state index in [0.29, 0.717) is 6.54 Å². The fourth-order valence-electron chi connectivity index (χ4n) is 3.22. The molecule has 2 heterocycles. The van der Waals surface area contributed by atoms with Crippen LogP contribution in [0.4, 0.5) is 4.79 Å². The molecule has 1 fully saturated rings. The van der Waals surface area contributed by atoms with Crippen LogP contribution in [0.15, 0.2) is 36.9 Å². The molecule has 1 N–H and O–H groups in total. The minimum Gasteiger partial charge on any atom is -0.335 e. The molecule has 1 aromatic carbocycles. The Morgan fingerprint density at radius 1 is 1.50 bits per heavy atom. The standard InChI is InChI=1S/C17H22N4O/c1-3-11-18-17(22)21-12-7-10-15(21)16-19-13-8-5-6-9-14(13)20(16)4-2/h3,5-6,8-9,15H,1,4,7,10-12H2,2H3,(H,18,22). The van der Waals surface area contributed by atoms with Crippen molar-refractivity contribution in [2.24, 2.45) is 0 Å². The van der Waals surface area contributed by atoms with Crippen LogP contribution in [0.2, 0.25) is 0 Å². The Bertz CT molecular complexity index is 691. The molecule has 2 amide bonds. The summed E-state index contributed by atoms with van der Waals surface area (Å²) >= 11 is 0. The molecule has 22 heavy (non-hydrogen) atoms. The summed E-state index contributed by atoms with van der Waals surface area (Å²) in [4.78, 5) is 19.0. The van der Waals surface area contributed by atoms with Crippen molar-refractivity contribution in [1.29, 1.82) is 0 Å². The summed E-state index contributed by atoms with van der Waals surface area (Å²) in [7, 11) is 0. The molecule has 116 valence electrons. The lowest BCUT2D eigenvalue weighted by atomic mass is 10.2. The van der Waals surface area contributed by atoms with Gasteiger partial charge in [-0.3, -0.25) is 0 Å². The van der Waals surface area contributed by atoms with E-state index in [0.717, 1.165) is 42.8 Å². The lowest BCUT2D eigenvalue weighted by molar-refractivity contribution is 0.191. The number of carbonyl (C=O) groups excluding carboxylic acids is 1. The van der Waals surface area contributed by atoms with Crippen molar-refractivity contribution in [1.82, 2.24) is 19.8 Å². The van der Waals surface area contributed by atoms with Gasteiger partial charge in [-0.1, -0.05) is 18.2 Å². The van der Waals surface area contributed by atoms with Crippen molar-refractivity contribution >= 4 is 17.1 Å². The maximum Gasteiger partial charge on any atom is 0.318 e. The number of amides is 2. The smallest absolute Gasteiger partial charge is 0.318 e. The Morgan fingerprint density at radius 3 is 3.09 bits per heavy atom. The van der Waals surface area contributed by atoms with Crippen molar-refractivity contribution in [3.8, 4) is 0 Å². The minimum atomic E-state index is -0.0305. The van der Waals surface area contributed by atoms with E-state index in [4.69, 9.17) is 4.98 Å². The number of benzene rings is 1. The van der Waals surface area contributed by atoms with E-state index in [2.05, 4.69) is 29.5 Å². The second kappa shape index (κ2) is 6.22. The molecule has 3 rings (SSSR count). The molecule has 0 radical (unpaired) electrons. The van der Waals surface area contributed by atoms with E-state index >= 15 is 0 Å². The van der Waals surface area contributed by atoms with Crippen LogP contribution in [0.1, 0.15) is 31.6 Å². The Kier molecular flexibility index (Phi) is 4.13. The summed E-state index contributed by atoms with van der Waals surface area (Å²) < 4.78 is 2.22. The number of imidazole rings is 1. The van der Waals surface area contributed by atoms with E-state index in [1.54, 1.807) is 6.08 Å². The Morgan fingerprint density at radius 2 is 2.32 bits per heavy atom. The van der Waals surface area contributed by atoms with Crippen molar-refractivity contribution in [3.63, 3.8) is 0 Å². The maximum atomic E-state index is 12.3. The highest BCUT2D eigenvalue weighted by Gasteiger charge is 2.33. The van der Waals surface area contributed by atoms with Crippen LogP contribution in [-0.2, 0) is 6.54 Å². The number of aryl methyl sites for hydroxylation is 1. The maximum absolute atomic E-state index is 12.3. The second-order valence-corrected chi connectivity index (χ2v) is 5.53. The third-order valence-electron chi connectivity index (χ3n) is 4.21. The third kappa shape index (κ3) is 2.47. The highest BCUT2D eigenvalue weighted by Crippen LogP contribution is 2.33. The minimum absolute atomic E-state index is 0.0305. The van der Waals surface area contributed by atoms with Gasteiger partial charge in [0.05, 0.1) is 17.1 Å². The molecule has 2 aromatic rings. The molecule has 1 unspecified atom stereocenters. The molecule has 1 atom stereocenters. The summed E-state index contributed by atoms with van der Waals surface area (Å²) in [6.07, 6.45) is 3.67. The molecule has 0 bridgehead atoms. The summed E-state index contributed by atoms with van der Waals surface area (Å²) in [5, 5.41) is 2.88. The van der Waals surface area contributed by atoms with Gasteiger partial charge in [0.25, 0.3) is 0 Å². The van der Waals surface area contributed by atoms with Gasteiger partial charge >= 0.3 is 6.03 Å². The molecule has 5 nitrogen and oxygen atoms in total.